The number of aromatic nitrogens is 6. The van der Waals surface area contributed by atoms with Crippen molar-refractivity contribution in [2.75, 3.05) is 29.9 Å². The molecule has 4 heterocycles. The van der Waals surface area contributed by atoms with Gasteiger partial charge < -0.3 is 14.8 Å². The highest BCUT2D eigenvalue weighted by Crippen LogP contribution is 2.38. The molecule has 3 aromatic heterocycles. The lowest BCUT2D eigenvalue weighted by Gasteiger charge is -2.37. The molecule has 0 atom stereocenters. The first-order chi connectivity index (χ1) is 12.8. The number of H-pyrrole nitrogens is 1. The Bertz CT molecular complexity index is 910. The predicted octanol–water partition coefficient (Wildman–Crippen LogP) is 2.13. The highest BCUT2D eigenvalue weighted by molar-refractivity contribution is 5.82. The third-order valence-corrected chi connectivity index (χ3v) is 5.48. The zero-order chi connectivity index (χ0) is 17.5. The minimum Gasteiger partial charge on any atom is -0.356 e. The summed E-state index contributed by atoms with van der Waals surface area (Å²) in [7, 11) is 2.15. The number of hydrogen-bond donors (Lipinski definition) is 1. The molecule has 5 rings (SSSR count). The third kappa shape index (κ3) is 2.75. The molecule has 0 bridgehead atoms. The summed E-state index contributed by atoms with van der Waals surface area (Å²) < 4.78 is 0. The Hall–Kier alpha value is -2.77. The zero-order valence-corrected chi connectivity index (χ0v) is 14.8. The molecule has 0 amide bonds. The standard InChI is InChI=1S/C18H22N8/c1-25(14-4-7-19-16(24-14)12-2-3-12)13-5-8-26(9-6-13)18-15-17(21-10-20-15)22-11-23-18/h4,7,10-13H,2-3,5-6,8-9H2,1H3,(H,20,21,22,23). The molecule has 134 valence electrons. The van der Waals surface area contributed by atoms with Gasteiger partial charge in [-0.2, -0.15) is 0 Å². The van der Waals surface area contributed by atoms with Crippen molar-refractivity contribution >= 4 is 22.8 Å². The van der Waals surface area contributed by atoms with E-state index in [4.69, 9.17) is 4.98 Å². The molecule has 1 saturated carbocycles. The van der Waals surface area contributed by atoms with E-state index in [1.54, 1.807) is 12.7 Å². The van der Waals surface area contributed by atoms with E-state index in [1.165, 1.54) is 12.8 Å². The summed E-state index contributed by atoms with van der Waals surface area (Å²) in [6.07, 6.45) is 9.77. The minimum absolute atomic E-state index is 0.479. The van der Waals surface area contributed by atoms with E-state index in [9.17, 15) is 0 Å². The van der Waals surface area contributed by atoms with Crippen molar-refractivity contribution in [3.05, 3.63) is 30.7 Å². The van der Waals surface area contributed by atoms with Crippen LogP contribution in [0.3, 0.4) is 0 Å². The van der Waals surface area contributed by atoms with Crippen molar-refractivity contribution in [3.63, 3.8) is 0 Å². The molecule has 1 aliphatic heterocycles. The molecule has 0 aromatic carbocycles. The maximum absolute atomic E-state index is 4.79. The molecule has 1 N–H and O–H groups in total. The van der Waals surface area contributed by atoms with Crippen LogP contribution in [0.4, 0.5) is 11.6 Å². The van der Waals surface area contributed by atoms with Gasteiger partial charge in [0.05, 0.1) is 6.33 Å². The Balaban J connectivity index is 1.29. The van der Waals surface area contributed by atoms with Crippen LogP contribution < -0.4 is 9.80 Å². The lowest BCUT2D eigenvalue weighted by atomic mass is 10.0. The summed E-state index contributed by atoms with van der Waals surface area (Å²) in [5.41, 5.74) is 1.65. The van der Waals surface area contributed by atoms with Crippen LogP contribution in [-0.4, -0.2) is 56.1 Å². The first kappa shape index (κ1) is 15.5. The monoisotopic (exact) mass is 350 g/mol. The smallest absolute Gasteiger partial charge is 0.182 e. The number of anilines is 2. The quantitative estimate of drug-likeness (QED) is 0.771. The molecule has 8 nitrogen and oxygen atoms in total. The normalized spacial score (nSPS) is 18.4. The van der Waals surface area contributed by atoms with Crippen LogP contribution in [-0.2, 0) is 0 Å². The summed E-state index contributed by atoms with van der Waals surface area (Å²) in [5, 5.41) is 0. The van der Waals surface area contributed by atoms with Crippen molar-refractivity contribution in [2.24, 2.45) is 0 Å². The van der Waals surface area contributed by atoms with E-state index in [0.717, 1.165) is 54.6 Å². The Morgan fingerprint density at radius 2 is 1.92 bits per heavy atom. The van der Waals surface area contributed by atoms with Crippen LogP contribution in [0.15, 0.2) is 24.9 Å². The maximum Gasteiger partial charge on any atom is 0.182 e. The van der Waals surface area contributed by atoms with Crippen LogP contribution in [0.5, 0.6) is 0 Å². The molecule has 0 spiro atoms. The van der Waals surface area contributed by atoms with Crippen molar-refractivity contribution in [1.82, 2.24) is 29.9 Å². The molecule has 0 radical (unpaired) electrons. The Kier molecular flexibility index (Phi) is 3.69. The van der Waals surface area contributed by atoms with Crippen LogP contribution in [0, 0.1) is 0 Å². The zero-order valence-electron chi connectivity index (χ0n) is 14.8. The van der Waals surface area contributed by atoms with Gasteiger partial charge in [-0.25, -0.2) is 24.9 Å². The number of nitrogens with one attached hydrogen (secondary N) is 1. The number of rotatable bonds is 4. The van der Waals surface area contributed by atoms with Gasteiger partial charge in [0, 0.05) is 38.3 Å². The van der Waals surface area contributed by atoms with E-state index in [1.807, 2.05) is 12.3 Å². The molecule has 8 heteroatoms. The molecule has 2 aliphatic rings. The lowest BCUT2D eigenvalue weighted by Crippen LogP contribution is -2.44. The average Bonchev–Trinajstić information content (AvgIpc) is 3.44. The molecular weight excluding hydrogens is 328 g/mol. The van der Waals surface area contributed by atoms with Gasteiger partial charge in [0.15, 0.2) is 11.5 Å². The number of nitrogens with zero attached hydrogens (tertiary/aromatic N) is 7. The minimum atomic E-state index is 0.479. The summed E-state index contributed by atoms with van der Waals surface area (Å²) in [5.74, 6) is 3.58. The van der Waals surface area contributed by atoms with Crippen molar-refractivity contribution in [1.29, 1.82) is 0 Å². The Labute approximate surface area is 151 Å². The summed E-state index contributed by atoms with van der Waals surface area (Å²) in [6, 6.07) is 2.50. The van der Waals surface area contributed by atoms with Gasteiger partial charge in [0.25, 0.3) is 0 Å². The van der Waals surface area contributed by atoms with E-state index in [2.05, 4.69) is 41.8 Å². The first-order valence-electron chi connectivity index (χ1n) is 9.24. The van der Waals surface area contributed by atoms with E-state index >= 15 is 0 Å². The average molecular weight is 350 g/mol. The number of fused-ring (bicyclic) bond motifs is 1. The van der Waals surface area contributed by atoms with Gasteiger partial charge in [0.1, 0.15) is 23.5 Å². The molecule has 2 fully saturated rings. The van der Waals surface area contributed by atoms with Crippen molar-refractivity contribution < 1.29 is 0 Å². The van der Waals surface area contributed by atoms with Gasteiger partial charge in [-0.15, -0.1) is 0 Å². The van der Waals surface area contributed by atoms with Gasteiger partial charge in [0.2, 0.25) is 0 Å². The van der Waals surface area contributed by atoms with Crippen molar-refractivity contribution in [3.8, 4) is 0 Å². The summed E-state index contributed by atoms with van der Waals surface area (Å²) in [4.78, 5) is 29.9. The number of piperidine rings is 1. The summed E-state index contributed by atoms with van der Waals surface area (Å²) >= 11 is 0. The van der Waals surface area contributed by atoms with Crippen LogP contribution >= 0.6 is 0 Å². The highest BCUT2D eigenvalue weighted by Gasteiger charge is 2.29. The fourth-order valence-corrected chi connectivity index (χ4v) is 3.74. The van der Waals surface area contributed by atoms with Crippen LogP contribution in [0.2, 0.25) is 0 Å². The molecular formula is C18H22N8. The van der Waals surface area contributed by atoms with E-state index in [0.29, 0.717) is 12.0 Å². The topological polar surface area (TPSA) is 86.7 Å². The van der Waals surface area contributed by atoms with Crippen LogP contribution in [0.1, 0.15) is 37.4 Å². The van der Waals surface area contributed by atoms with Crippen molar-refractivity contribution in [2.45, 2.75) is 37.6 Å². The molecule has 3 aromatic rings. The molecule has 1 saturated heterocycles. The third-order valence-electron chi connectivity index (χ3n) is 5.48. The lowest BCUT2D eigenvalue weighted by molar-refractivity contribution is 0.478. The predicted molar refractivity (Wildman–Crippen MR) is 99.3 cm³/mol. The Morgan fingerprint density at radius 1 is 1.08 bits per heavy atom. The van der Waals surface area contributed by atoms with Crippen LogP contribution in [0.25, 0.3) is 11.2 Å². The van der Waals surface area contributed by atoms with E-state index < -0.39 is 0 Å². The van der Waals surface area contributed by atoms with Gasteiger partial charge >= 0.3 is 0 Å². The highest BCUT2D eigenvalue weighted by atomic mass is 15.3. The molecule has 26 heavy (non-hydrogen) atoms. The SMILES string of the molecule is CN(c1ccnc(C2CC2)n1)C1CCN(c2ncnc3nc[nH]c23)CC1. The first-order valence-corrected chi connectivity index (χ1v) is 9.24. The second-order valence-corrected chi connectivity index (χ2v) is 7.17. The van der Waals surface area contributed by atoms with Gasteiger partial charge in [-0.05, 0) is 31.7 Å². The molecule has 0 unspecified atom stereocenters. The number of hydrogen-bond acceptors (Lipinski definition) is 7. The summed E-state index contributed by atoms with van der Waals surface area (Å²) in [6.45, 7) is 1.92. The largest absolute Gasteiger partial charge is 0.356 e. The fourth-order valence-electron chi connectivity index (χ4n) is 3.74. The molecule has 1 aliphatic carbocycles. The van der Waals surface area contributed by atoms with E-state index in [-0.39, 0.29) is 0 Å². The number of aromatic amines is 1. The second-order valence-electron chi connectivity index (χ2n) is 7.17. The second kappa shape index (κ2) is 6.19. The van der Waals surface area contributed by atoms with Gasteiger partial charge in [-0.3, -0.25) is 0 Å². The Morgan fingerprint density at radius 3 is 2.73 bits per heavy atom. The maximum atomic E-state index is 4.79. The van der Waals surface area contributed by atoms with Gasteiger partial charge in [-0.1, -0.05) is 0 Å². The fraction of sp³-hybridized carbons (Fsp3) is 0.500. The number of imidazole rings is 1.